The summed E-state index contributed by atoms with van der Waals surface area (Å²) in [6.45, 7) is 5.53. The van der Waals surface area contributed by atoms with E-state index in [1.807, 2.05) is 52.6 Å². The van der Waals surface area contributed by atoms with Crippen LogP contribution in [0.2, 0.25) is 0 Å². The number of nitrogens with one attached hydrogen (secondary N) is 1. The topological polar surface area (TPSA) is 136 Å². The van der Waals surface area contributed by atoms with Gasteiger partial charge in [0.25, 0.3) is 0 Å². The molecule has 0 unspecified atom stereocenters. The SMILES string of the molecule is Cc1nn(-c2ccnc(Nc3ccc(-c4csc5c(=O)cc(N6CCOCC6)oc45)cc3)n2)cc1CN1CCS(=O)(=O)C1. The van der Waals surface area contributed by atoms with Gasteiger partial charge in [0.2, 0.25) is 11.4 Å². The first-order valence-corrected chi connectivity index (χ1v) is 16.6. The van der Waals surface area contributed by atoms with Gasteiger partial charge in [0, 0.05) is 72.9 Å². The minimum Gasteiger partial charge on any atom is -0.439 e. The maximum absolute atomic E-state index is 12.8. The number of nitrogens with zero attached hydrogens (tertiary/aromatic N) is 6. The van der Waals surface area contributed by atoms with E-state index in [1.165, 1.54) is 11.3 Å². The third-order valence-corrected chi connectivity index (χ3v) is 10.1. The van der Waals surface area contributed by atoms with Crippen LogP contribution in [-0.4, -0.2) is 77.5 Å². The molecule has 0 saturated carbocycles. The highest BCUT2D eigenvalue weighted by Gasteiger charge is 2.26. The Morgan fingerprint density at radius 1 is 1.09 bits per heavy atom. The number of hydrogen-bond donors (Lipinski definition) is 1. The van der Waals surface area contributed by atoms with Gasteiger partial charge in [-0.15, -0.1) is 11.3 Å². The Kier molecular flexibility index (Phi) is 7.21. The lowest BCUT2D eigenvalue weighted by molar-refractivity contribution is 0.121. The molecule has 7 rings (SSSR count). The maximum atomic E-state index is 12.8. The lowest BCUT2D eigenvalue weighted by atomic mass is 10.1. The Balaban J connectivity index is 1.08. The monoisotopic (exact) mass is 619 g/mol. The van der Waals surface area contributed by atoms with Gasteiger partial charge in [-0.2, -0.15) is 10.1 Å². The van der Waals surface area contributed by atoms with Gasteiger partial charge in [-0.05, 0) is 24.6 Å². The van der Waals surface area contributed by atoms with Crippen LogP contribution in [-0.2, 0) is 21.1 Å². The van der Waals surface area contributed by atoms with Gasteiger partial charge in [0.05, 0.1) is 24.7 Å². The van der Waals surface area contributed by atoms with Crippen LogP contribution in [0.5, 0.6) is 0 Å². The second-order valence-corrected chi connectivity index (χ2v) is 13.6. The molecule has 222 valence electrons. The van der Waals surface area contributed by atoms with Crippen molar-refractivity contribution in [3.8, 4) is 16.9 Å². The van der Waals surface area contributed by atoms with Crippen molar-refractivity contribution in [2.75, 3.05) is 54.7 Å². The Bertz CT molecular complexity index is 1960. The summed E-state index contributed by atoms with van der Waals surface area (Å²) in [6.07, 6.45) is 3.55. The van der Waals surface area contributed by atoms with Crippen molar-refractivity contribution in [1.82, 2.24) is 24.6 Å². The lowest BCUT2D eigenvalue weighted by Crippen LogP contribution is -2.36. The Hall–Kier alpha value is -4.11. The molecule has 0 atom stereocenters. The van der Waals surface area contributed by atoms with Crippen molar-refractivity contribution in [2.24, 2.45) is 0 Å². The molecule has 2 fully saturated rings. The van der Waals surface area contributed by atoms with Gasteiger partial charge in [-0.1, -0.05) is 12.1 Å². The Morgan fingerprint density at radius 2 is 1.91 bits per heavy atom. The molecule has 5 aromatic rings. The van der Waals surface area contributed by atoms with Crippen molar-refractivity contribution in [3.63, 3.8) is 0 Å². The second kappa shape index (κ2) is 11.2. The largest absolute Gasteiger partial charge is 0.439 e. The minimum absolute atomic E-state index is 0.0437. The van der Waals surface area contributed by atoms with E-state index in [0.29, 0.717) is 67.3 Å². The van der Waals surface area contributed by atoms with Gasteiger partial charge in [0.15, 0.2) is 27.1 Å². The first-order valence-electron chi connectivity index (χ1n) is 13.9. The van der Waals surface area contributed by atoms with Crippen molar-refractivity contribution < 1.29 is 17.6 Å². The summed E-state index contributed by atoms with van der Waals surface area (Å²) in [5.74, 6) is 1.84. The molecular formula is C29H29N7O5S2. The fraction of sp³-hybridized carbons (Fsp3) is 0.310. The van der Waals surface area contributed by atoms with Crippen LogP contribution in [0.4, 0.5) is 17.5 Å². The van der Waals surface area contributed by atoms with Gasteiger partial charge in [-0.25, -0.2) is 18.1 Å². The van der Waals surface area contributed by atoms with E-state index in [0.717, 1.165) is 28.1 Å². The molecule has 0 amide bonds. The standard InChI is InChI=1S/C29H29N7O5S2/c1-19-21(15-34-10-13-43(38,39)18-34)16-36(33-19)25-6-7-30-29(32-25)31-22-4-2-20(3-5-22)23-17-42-28-24(37)14-26(41-27(23)28)35-8-11-40-12-9-35/h2-7,14,16-17H,8-13,15,18H2,1H3,(H,30,31,32). The van der Waals surface area contributed by atoms with Crippen LogP contribution in [0, 0.1) is 6.92 Å². The summed E-state index contributed by atoms with van der Waals surface area (Å²) in [5, 5.41) is 9.80. The quantitative estimate of drug-likeness (QED) is 0.286. The number of anilines is 3. The first-order chi connectivity index (χ1) is 20.8. The molecule has 2 aliphatic rings. The predicted octanol–water partition coefficient (Wildman–Crippen LogP) is 3.57. The number of benzene rings is 1. The van der Waals surface area contributed by atoms with Gasteiger partial charge in [0.1, 0.15) is 10.6 Å². The first kappa shape index (κ1) is 27.7. The third-order valence-electron chi connectivity index (χ3n) is 7.57. The summed E-state index contributed by atoms with van der Waals surface area (Å²) in [7, 11) is -2.99. The molecule has 4 aromatic heterocycles. The zero-order valence-corrected chi connectivity index (χ0v) is 25.0. The zero-order chi connectivity index (χ0) is 29.6. The number of ether oxygens (including phenoxy) is 1. The number of sulfone groups is 1. The highest BCUT2D eigenvalue weighted by molar-refractivity contribution is 7.91. The molecule has 6 heterocycles. The normalized spacial score (nSPS) is 17.1. The molecule has 14 heteroatoms. The predicted molar refractivity (Wildman–Crippen MR) is 165 cm³/mol. The van der Waals surface area contributed by atoms with E-state index in [9.17, 15) is 13.2 Å². The minimum atomic E-state index is -2.99. The molecule has 43 heavy (non-hydrogen) atoms. The number of hydrogen-bond acceptors (Lipinski definition) is 12. The molecular weight excluding hydrogens is 590 g/mol. The summed E-state index contributed by atoms with van der Waals surface area (Å²) in [4.78, 5) is 25.8. The third kappa shape index (κ3) is 5.78. The molecule has 2 aliphatic heterocycles. The molecule has 0 aliphatic carbocycles. The number of thiophene rings is 1. The molecule has 0 spiro atoms. The van der Waals surface area contributed by atoms with Crippen LogP contribution in [0.1, 0.15) is 11.3 Å². The maximum Gasteiger partial charge on any atom is 0.229 e. The second-order valence-electron chi connectivity index (χ2n) is 10.6. The van der Waals surface area contributed by atoms with Gasteiger partial charge < -0.3 is 19.4 Å². The van der Waals surface area contributed by atoms with E-state index in [1.54, 1.807) is 23.0 Å². The van der Waals surface area contributed by atoms with E-state index in [4.69, 9.17) is 9.15 Å². The Labute approximate surface area is 251 Å². The van der Waals surface area contributed by atoms with E-state index >= 15 is 0 Å². The Morgan fingerprint density at radius 3 is 2.67 bits per heavy atom. The van der Waals surface area contributed by atoms with Crippen molar-refractivity contribution in [3.05, 3.63) is 75.7 Å². The summed E-state index contributed by atoms with van der Waals surface area (Å²) in [5.41, 5.74) is 4.92. The highest BCUT2D eigenvalue weighted by Crippen LogP contribution is 2.35. The molecule has 12 nitrogen and oxygen atoms in total. The number of aromatic nitrogens is 4. The fourth-order valence-electron chi connectivity index (χ4n) is 5.28. The molecule has 1 aromatic carbocycles. The number of morpholine rings is 1. The zero-order valence-electron chi connectivity index (χ0n) is 23.4. The number of fused-ring (bicyclic) bond motifs is 1. The summed E-state index contributed by atoms with van der Waals surface area (Å²) >= 11 is 1.39. The van der Waals surface area contributed by atoms with Gasteiger partial charge in [-0.3, -0.25) is 9.69 Å². The smallest absolute Gasteiger partial charge is 0.229 e. The summed E-state index contributed by atoms with van der Waals surface area (Å²) < 4.78 is 37.6. The number of aryl methyl sites for hydroxylation is 1. The van der Waals surface area contributed by atoms with Crippen molar-refractivity contribution in [2.45, 2.75) is 13.5 Å². The van der Waals surface area contributed by atoms with E-state index in [-0.39, 0.29) is 17.1 Å². The van der Waals surface area contributed by atoms with Crippen molar-refractivity contribution in [1.29, 1.82) is 0 Å². The lowest BCUT2D eigenvalue weighted by Gasteiger charge is -2.27. The average molecular weight is 620 g/mol. The van der Waals surface area contributed by atoms with Crippen molar-refractivity contribution >= 4 is 49.0 Å². The van der Waals surface area contributed by atoms with Gasteiger partial charge >= 0.3 is 0 Å². The van der Waals surface area contributed by atoms with Crippen LogP contribution in [0.25, 0.3) is 27.2 Å². The van der Waals surface area contributed by atoms with Crippen LogP contribution >= 0.6 is 11.3 Å². The van der Waals surface area contributed by atoms with E-state index in [2.05, 4.69) is 20.4 Å². The molecule has 1 N–H and O–H groups in total. The average Bonchev–Trinajstić information content (AvgIpc) is 3.70. The molecule has 0 radical (unpaired) electrons. The molecule has 0 bridgehead atoms. The highest BCUT2D eigenvalue weighted by atomic mass is 32.2. The molecule has 2 saturated heterocycles. The van der Waals surface area contributed by atoms with Crippen LogP contribution in [0.15, 0.2) is 63.4 Å². The fourth-order valence-corrected chi connectivity index (χ4v) is 7.63. The summed E-state index contributed by atoms with van der Waals surface area (Å²) in [6, 6.07) is 11.1. The van der Waals surface area contributed by atoms with Crippen LogP contribution in [0.3, 0.4) is 0 Å². The van der Waals surface area contributed by atoms with Crippen LogP contribution < -0.4 is 15.6 Å². The number of rotatable bonds is 7. The van der Waals surface area contributed by atoms with E-state index < -0.39 is 9.84 Å².